The third-order valence-electron chi connectivity index (χ3n) is 2.24. The van der Waals surface area contributed by atoms with Crippen molar-refractivity contribution >= 4 is 11.3 Å². The molecule has 0 heterocycles. The molecule has 0 aliphatic carbocycles. The van der Waals surface area contributed by atoms with Gasteiger partial charge in [0.1, 0.15) is 0 Å². The van der Waals surface area contributed by atoms with Gasteiger partial charge in [0, 0.05) is 0 Å². The van der Waals surface area contributed by atoms with E-state index in [2.05, 4.69) is 13.2 Å². The SMILES string of the molecule is C=CC(=N)/C=C\C(=C)c1cccc(C(F)(F)F)c1. The highest BCUT2D eigenvalue weighted by Crippen LogP contribution is 2.30. The van der Waals surface area contributed by atoms with Crippen molar-refractivity contribution in [2.24, 2.45) is 0 Å². The summed E-state index contributed by atoms with van der Waals surface area (Å²) in [6.45, 7) is 7.07. The average Bonchev–Trinajstić information content (AvgIpc) is 2.34. The van der Waals surface area contributed by atoms with Gasteiger partial charge in [-0.3, -0.25) is 0 Å². The molecule has 0 unspecified atom stereocenters. The quantitative estimate of drug-likeness (QED) is 0.602. The predicted molar refractivity (Wildman–Crippen MR) is 67.5 cm³/mol. The van der Waals surface area contributed by atoms with E-state index >= 15 is 0 Å². The molecule has 0 aliphatic rings. The van der Waals surface area contributed by atoms with Gasteiger partial charge >= 0.3 is 6.18 Å². The fourth-order valence-corrected chi connectivity index (χ4v) is 1.25. The molecule has 0 fully saturated rings. The van der Waals surface area contributed by atoms with E-state index in [1.54, 1.807) is 6.07 Å². The Morgan fingerprint density at radius 2 is 1.89 bits per heavy atom. The van der Waals surface area contributed by atoms with Crippen molar-refractivity contribution in [1.29, 1.82) is 5.41 Å². The van der Waals surface area contributed by atoms with Gasteiger partial charge in [-0.1, -0.05) is 31.4 Å². The first-order valence-corrected chi connectivity index (χ1v) is 5.10. The Morgan fingerprint density at radius 3 is 2.44 bits per heavy atom. The zero-order valence-corrected chi connectivity index (χ0v) is 9.59. The maximum Gasteiger partial charge on any atom is 0.416 e. The zero-order chi connectivity index (χ0) is 13.8. The summed E-state index contributed by atoms with van der Waals surface area (Å²) in [5.41, 5.74) is 0.238. The molecule has 1 N–H and O–H groups in total. The van der Waals surface area contributed by atoms with Gasteiger partial charge in [0.25, 0.3) is 0 Å². The van der Waals surface area contributed by atoms with E-state index in [4.69, 9.17) is 5.41 Å². The molecule has 0 aliphatic heterocycles. The van der Waals surface area contributed by atoms with Gasteiger partial charge in [0.05, 0.1) is 11.3 Å². The standard InChI is InChI=1S/C14H12F3N/c1-3-13(18)8-7-10(2)11-5-4-6-12(9-11)14(15,16)17/h3-9,18H,1-2H2/b8-7-,18-13?. The molecule has 1 nitrogen and oxygen atoms in total. The van der Waals surface area contributed by atoms with Crippen LogP contribution in [0.15, 0.2) is 55.7 Å². The fraction of sp³-hybridized carbons (Fsp3) is 0.0714. The van der Waals surface area contributed by atoms with Crippen LogP contribution >= 0.6 is 0 Å². The van der Waals surface area contributed by atoms with Crippen LogP contribution < -0.4 is 0 Å². The Hall–Kier alpha value is -2.10. The van der Waals surface area contributed by atoms with Crippen LogP contribution in [0.1, 0.15) is 11.1 Å². The topological polar surface area (TPSA) is 23.9 Å². The summed E-state index contributed by atoms with van der Waals surface area (Å²) in [7, 11) is 0. The van der Waals surface area contributed by atoms with Crippen molar-refractivity contribution in [2.45, 2.75) is 6.18 Å². The molecule has 0 aromatic heterocycles. The molecular formula is C14H12F3N. The Kier molecular flexibility index (Phi) is 4.26. The van der Waals surface area contributed by atoms with Crippen LogP contribution in [0.4, 0.5) is 13.2 Å². The third kappa shape index (κ3) is 3.73. The van der Waals surface area contributed by atoms with Crippen molar-refractivity contribution in [3.8, 4) is 0 Å². The van der Waals surface area contributed by atoms with Gasteiger partial charge in [-0.25, -0.2) is 0 Å². The summed E-state index contributed by atoms with van der Waals surface area (Å²) in [4.78, 5) is 0. The number of benzene rings is 1. The van der Waals surface area contributed by atoms with Crippen molar-refractivity contribution in [3.63, 3.8) is 0 Å². The average molecular weight is 251 g/mol. The van der Waals surface area contributed by atoms with Crippen LogP contribution in [0.25, 0.3) is 5.57 Å². The van der Waals surface area contributed by atoms with Gasteiger partial charge < -0.3 is 5.41 Å². The highest BCUT2D eigenvalue weighted by molar-refractivity contribution is 6.02. The number of rotatable bonds is 4. The van der Waals surface area contributed by atoms with Gasteiger partial charge in [-0.15, -0.1) is 0 Å². The van der Waals surface area contributed by atoms with E-state index < -0.39 is 11.7 Å². The normalized spacial score (nSPS) is 11.5. The fourth-order valence-electron chi connectivity index (χ4n) is 1.25. The van der Waals surface area contributed by atoms with Crippen LogP contribution in [0.3, 0.4) is 0 Å². The molecule has 1 aromatic carbocycles. The summed E-state index contributed by atoms with van der Waals surface area (Å²) in [6, 6.07) is 4.91. The first-order valence-electron chi connectivity index (χ1n) is 5.10. The molecular weight excluding hydrogens is 239 g/mol. The molecule has 0 atom stereocenters. The molecule has 0 saturated carbocycles. The Labute approximate surface area is 103 Å². The van der Waals surface area contributed by atoms with E-state index in [9.17, 15) is 13.2 Å². The molecule has 94 valence electrons. The van der Waals surface area contributed by atoms with Crippen molar-refractivity contribution < 1.29 is 13.2 Å². The monoisotopic (exact) mass is 251 g/mol. The maximum atomic E-state index is 12.5. The minimum atomic E-state index is -4.37. The first-order chi connectivity index (χ1) is 8.34. The second-order valence-electron chi connectivity index (χ2n) is 3.60. The highest BCUT2D eigenvalue weighted by atomic mass is 19.4. The van der Waals surface area contributed by atoms with Gasteiger partial charge in [-0.05, 0) is 35.4 Å². The largest absolute Gasteiger partial charge is 0.416 e. The lowest BCUT2D eigenvalue weighted by molar-refractivity contribution is -0.137. The number of nitrogens with one attached hydrogen (secondary N) is 1. The molecule has 0 spiro atoms. The summed E-state index contributed by atoms with van der Waals surface area (Å²) in [5, 5.41) is 7.31. The number of allylic oxidation sites excluding steroid dienone is 4. The van der Waals surface area contributed by atoms with Crippen molar-refractivity contribution in [2.75, 3.05) is 0 Å². The summed E-state index contributed by atoms with van der Waals surface area (Å²) in [5.74, 6) is 0. The van der Waals surface area contributed by atoms with E-state index in [1.807, 2.05) is 0 Å². The molecule has 0 saturated heterocycles. The Balaban J connectivity index is 2.97. The molecule has 4 heteroatoms. The Morgan fingerprint density at radius 1 is 1.22 bits per heavy atom. The maximum absolute atomic E-state index is 12.5. The number of halogens is 3. The van der Waals surface area contributed by atoms with E-state index in [-0.39, 0.29) is 5.71 Å². The van der Waals surface area contributed by atoms with E-state index in [1.165, 1.54) is 24.3 Å². The van der Waals surface area contributed by atoms with E-state index in [0.29, 0.717) is 11.1 Å². The lowest BCUT2D eigenvalue weighted by Crippen LogP contribution is -2.04. The molecule has 18 heavy (non-hydrogen) atoms. The second-order valence-corrected chi connectivity index (χ2v) is 3.60. The van der Waals surface area contributed by atoms with Gasteiger partial charge in [-0.2, -0.15) is 13.2 Å². The van der Waals surface area contributed by atoms with E-state index in [0.717, 1.165) is 12.1 Å². The van der Waals surface area contributed by atoms with Crippen molar-refractivity contribution in [1.82, 2.24) is 0 Å². The summed E-state index contributed by atoms with van der Waals surface area (Å²) >= 11 is 0. The highest BCUT2D eigenvalue weighted by Gasteiger charge is 2.30. The summed E-state index contributed by atoms with van der Waals surface area (Å²) in [6.07, 6.45) is -0.126. The number of alkyl halides is 3. The molecule has 0 amide bonds. The second kappa shape index (κ2) is 5.49. The van der Waals surface area contributed by atoms with Crippen LogP contribution in [0.2, 0.25) is 0 Å². The Bertz CT molecular complexity index is 510. The number of hydrogen-bond acceptors (Lipinski definition) is 1. The molecule has 0 radical (unpaired) electrons. The molecule has 1 rings (SSSR count). The minimum Gasteiger partial charge on any atom is -0.301 e. The van der Waals surface area contributed by atoms with Crippen molar-refractivity contribution in [3.05, 3.63) is 66.8 Å². The summed E-state index contributed by atoms with van der Waals surface area (Å²) < 4.78 is 37.5. The van der Waals surface area contributed by atoms with Crippen LogP contribution in [-0.4, -0.2) is 5.71 Å². The smallest absolute Gasteiger partial charge is 0.301 e. The van der Waals surface area contributed by atoms with Crippen LogP contribution in [-0.2, 0) is 6.18 Å². The van der Waals surface area contributed by atoms with Gasteiger partial charge in [0.15, 0.2) is 0 Å². The zero-order valence-electron chi connectivity index (χ0n) is 9.59. The lowest BCUT2D eigenvalue weighted by Gasteiger charge is -2.08. The number of hydrogen-bond donors (Lipinski definition) is 1. The van der Waals surface area contributed by atoms with Crippen LogP contribution in [0.5, 0.6) is 0 Å². The molecule has 1 aromatic rings. The lowest BCUT2D eigenvalue weighted by atomic mass is 10.0. The van der Waals surface area contributed by atoms with Gasteiger partial charge in [0.2, 0.25) is 0 Å². The minimum absolute atomic E-state index is 0.170. The third-order valence-corrected chi connectivity index (χ3v) is 2.24. The molecule has 0 bridgehead atoms. The first kappa shape index (κ1) is 14.0. The van der Waals surface area contributed by atoms with Crippen LogP contribution in [0, 0.1) is 5.41 Å². The predicted octanol–water partition coefficient (Wildman–Crippen LogP) is 4.48.